The molecule has 0 aliphatic heterocycles. The number of nitro groups is 1. The number of benzene rings is 1. The first-order valence-electron chi connectivity index (χ1n) is 8.94. The molecule has 156 valence electrons. The van der Waals surface area contributed by atoms with Crippen LogP contribution in [-0.2, 0) is 11.3 Å². The van der Waals surface area contributed by atoms with E-state index in [-0.39, 0.29) is 42.6 Å². The first-order valence-corrected chi connectivity index (χ1v) is 8.94. The van der Waals surface area contributed by atoms with Gasteiger partial charge in [0.2, 0.25) is 5.91 Å². The number of nitro benzene ring substituents is 1. The minimum atomic E-state index is -0.600. The first kappa shape index (κ1) is 23.6. The van der Waals surface area contributed by atoms with Crippen molar-refractivity contribution in [3.05, 3.63) is 38.9 Å². The molecule has 3 N–H and O–H groups in total. The number of aryl methyl sites for hydroxylation is 1. The summed E-state index contributed by atoms with van der Waals surface area (Å²) in [5, 5.41) is 13.8. The Morgan fingerprint density at radius 3 is 2.68 bits per heavy atom. The highest BCUT2D eigenvalue weighted by molar-refractivity contribution is 5.85. The van der Waals surface area contributed by atoms with E-state index in [1.54, 1.807) is 0 Å². The van der Waals surface area contributed by atoms with E-state index in [4.69, 9.17) is 10.2 Å². The fourth-order valence-corrected chi connectivity index (χ4v) is 3.26. The summed E-state index contributed by atoms with van der Waals surface area (Å²) in [5.74, 6) is -0.323. The molecule has 10 heteroatoms. The van der Waals surface area contributed by atoms with Crippen LogP contribution >= 0.6 is 12.4 Å². The van der Waals surface area contributed by atoms with Crippen LogP contribution in [0.5, 0.6) is 0 Å². The van der Waals surface area contributed by atoms with Crippen molar-refractivity contribution in [3.8, 4) is 0 Å². The molecule has 2 aromatic rings. The molecule has 1 amide bonds. The summed E-state index contributed by atoms with van der Waals surface area (Å²) in [7, 11) is 0. The highest BCUT2D eigenvalue weighted by atomic mass is 35.5. The number of carbonyl (C=O) groups is 1. The maximum Gasteiger partial charge on any atom is 0.419 e. The van der Waals surface area contributed by atoms with Gasteiger partial charge >= 0.3 is 5.76 Å². The quantitative estimate of drug-likeness (QED) is 0.478. The van der Waals surface area contributed by atoms with Crippen molar-refractivity contribution < 1.29 is 14.1 Å². The van der Waals surface area contributed by atoms with Crippen LogP contribution in [0.2, 0.25) is 0 Å². The Morgan fingerprint density at radius 1 is 1.43 bits per heavy atom. The Morgan fingerprint density at radius 2 is 2.11 bits per heavy atom. The van der Waals surface area contributed by atoms with Crippen LogP contribution in [0.25, 0.3) is 11.1 Å². The normalized spacial score (nSPS) is 13.2. The molecule has 2 rings (SSSR count). The lowest BCUT2D eigenvalue weighted by molar-refractivity contribution is -0.384. The van der Waals surface area contributed by atoms with Crippen molar-refractivity contribution in [1.82, 2.24) is 9.88 Å². The summed E-state index contributed by atoms with van der Waals surface area (Å²) in [5.41, 5.74) is 5.83. The number of oxazole rings is 1. The summed E-state index contributed by atoms with van der Waals surface area (Å²) in [4.78, 5) is 34.5. The van der Waals surface area contributed by atoms with Crippen LogP contribution in [-0.4, -0.2) is 27.5 Å². The minimum Gasteiger partial charge on any atom is -0.407 e. The van der Waals surface area contributed by atoms with E-state index >= 15 is 0 Å². The van der Waals surface area contributed by atoms with E-state index in [2.05, 4.69) is 19.2 Å². The fraction of sp³-hybridized carbons (Fsp3) is 0.556. The molecular formula is C18H27ClN4O5. The molecule has 1 aromatic carbocycles. The Balaban J connectivity index is 0.00000392. The van der Waals surface area contributed by atoms with Crippen LogP contribution < -0.4 is 16.8 Å². The predicted octanol–water partition coefficient (Wildman–Crippen LogP) is 2.58. The lowest BCUT2D eigenvalue weighted by atomic mass is 9.90. The second-order valence-electron chi connectivity index (χ2n) is 7.44. The Kier molecular flexibility index (Phi) is 8.19. The van der Waals surface area contributed by atoms with Gasteiger partial charge in [0.1, 0.15) is 0 Å². The molecule has 0 saturated carbocycles. The highest BCUT2D eigenvalue weighted by Gasteiger charge is 2.25. The molecule has 0 fully saturated rings. The molecule has 1 unspecified atom stereocenters. The van der Waals surface area contributed by atoms with Crippen LogP contribution in [0.15, 0.2) is 27.4 Å². The largest absolute Gasteiger partial charge is 0.419 e. The van der Waals surface area contributed by atoms with Gasteiger partial charge in [0.05, 0.1) is 16.5 Å². The number of rotatable bonds is 9. The summed E-state index contributed by atoms with van der Waals surface area (Å²) in [6.07, 6.45) is 1.44. The number of carbonyl (C=O) groups excluding carboxylic acids is 1. The number of hydrogen-bond donors (Lipinski definition) is 2. The topological polar surface area (TPSA) is 133 Å². The number of non-ortho nitro benzene ring substituents is 1. The van der Waals surface area contributed by atoms with Crippen LogP contribution in [0.1, 0.15) is 40.0 Å². The van der Waals surface area contributed by atoms with Crippen LogP contribution in [0, 0.1) is 16.0 Å². The molecule has 28 heavy (non-hydrogen) atoms. The Labute approximate surface area is 168 Å². The standard InChI is InChI=1S/C18H26N4O5.ClH/c1-12(2)10-18(3,11-19)20-16(23)5-4-8-21-14-7-6-13(22(25)26)9-15(14)27-17(21)24;/h6-7,9,12H,4-5,8,10-11,19H2,1-3H3,(H,20,23);1H. The van der Waals surface area contributed by atoms with E-state index in [9.17, 15) is 19.7 Å². The van der Waals surface area contributed by atoms with Gasteiger partial charge in [-0.3, -0.25) is 19.5 Å². The lowest BCUT2D eigenvalue weighted by Gasteiger charge is -2.31. The second kappa shape index (κ2) is 9.70. The van der Waals surface area contributed by atoms with Gasteiger partial charge in [-0.25, -0.2) is 4.79 Å². The first-order chi connectivity index (χ1) is 12.6. The molecule has 0 aliphatic carbocycles. The molecule has 1 heterocycles. The number of nitrogens with zero attached hydrogens (tertiary/aromatic N) is 2. The van der Waals surface area contributed by atoms with Crippen molar-refractivity contribution >= 4 is 35.1 Å². The SMILES string of the molecule is CC(C)CC(C)(CN)NC(=O)CCCn1c(=O)oc2cc([N+](=O)[O-])ccc21.Cl. The fourth-order valence-electron chi connectivity index (χ4n) is 3.26. The Bertz CT molecular complexity index is 892. The molecule has 1 aromatic heterocycles. The van der Waals surface area contributed by atoms with Gasteiger partial charge < -0.3 is 15.5 Å². The van der Waals surface area contributed by atoms with Crippen molar-refractivity contribution in [2.45, 2.75) is 52.1 Å². The van der Waals surface area contributed by atoms with Gasteiger partial charge in [-0.05, 0) is 31.7 Å². The number of amides is 1. The van der Waals surface area contributed by atoms with Gasteiger partial charge in [0.15, 0.2) is 5.58 Å². The number of nitrogens with one attached hydrogen (secondary N) is 1. The number of aromatic nitrogens is 1. The predicted molar refractivity (Wildman–Crippen MR) is 109 cm³/mol. The van der Waals surface area contributed by atoms with E-state index in [1.807, 2.05) is 6.92 Å². The molecule has 9 nitrogen and oxygen atoms in total. The molecule has 1 atom stereocenters. The third-order valence-electron chi connectivity index (χ3n) is 4.40. The molecule has 0 aliphatic rings. The maximum atomic E-state index is 12.2. The molecular weight excluding hydrogens is 388 g/mol. The van der Waals surface area contributed by atoms with Gasteiger partial charge in [-0.1, -0.05) is 13.8 Å². The van der Waals surface area contributed by atoms with Crippen molar-refractivity contribution in [1.29, 1.82) is 0 Å². The van der Waals surface area contributed by atoms with E-state index < -0.39 is 16.2 Å². The van der Waals surface area contributed by atoms with Crippen LogP contribution in [0.3, 0.4) is 0 Å². The Hall–Kier alpha value is -2.39. The second-order valence-corrected chi connectivity index (χ2v) is 7.44. The summed E-state index contributed by atoms with van der Waals surface area (Å²) >= 11 is 0. The molecule has 0 saturated heterocycles. The molecule has 0 bridgehead atoms. The number of nitrogens with two attached hydrogens (primary N) is 1. The average molecular weight is 415 g/mol. The number of halogens is 1. The number of hydrogen-bond acceptors (Lipinski definition) is 6. The van der Waals surface area contributed by atoms with Gasteiger partial charge in [0, 0.05) is 31.1 Å². The maximum absolute atomic E-state index is 12.2. The third-order valence-corrected chi connectivity index (χ3v) is 4.40. The molecule has 0 radical (unpaired) electrons. The van der Waals surface area contributed by atoms with Crippen LogP contribution in [0.4, 0.5) is 5.69 Å². The summed E-state index contributed by atoms with van der Waals surface area (Å²) < 4.78 is 6.45. The lowest BCUT2D eigenvalue weighted by Crippen LogP contribution is -2.52. The minimum absolute atomic E-state index is 0. The zero-order chi connectivity index (χ0) is 20.2. The zero-order valence-corrected chi connectivity index (χ0v) is 17.1. The van der Waals surface area contributed by atoms with E-state index in [1.165, 1.54) is 22.8 Å². The monoisotopic (exact) mass is 414 g/mol. The van der Waals surface area contributed by atoms with Crippen molar-refractivity contribution in [2.24, 2.45) is 11.7 Å². The van der Waals surface area contributed by atoms with Gasteiger partial charge in [-0.2, -0.15) is 0 Å². The van der Waals surface area contributed by atoms with E-state index in [0.29, 0.717) is 24.4 Å². The highest BCUT2D eigenvalue weighted by Crippen LogP contribution is 2.20. The van der Waals surface area contributed by atoms with Gasteiger partial charge in [0.25, 0.3) is 5.69 Å². The third kappa shape index (κ3) is 5.80. The molecule has 0 spiro atoms. The summed E-state index contributed by atoms with van der Waals surface area (Å²) in [6, 6.07) is 4.02. The zero-order valence-electron chi connectivity index (χ0n) is 16.3. The van der Waals surface area contributed by atoms with Crippen molar-refractivity contribution in [2.75, 3.05) is 6.54 Å². The van der Waals surface area contributed by atoms with E-state index in [0.717, 1.165) is 6.42 Å². The van der Waals surface area contributed by atoms with Crippen molar-refractivity contribution in [3.63, 3.8) is 0 Å². The smallest absolute Gasteiger partial charge is 0.407 e. The number of fused-ring (bicyclic) bond motifs is 1. The average Bonchev–Trinajstić information content (AvgIpc) is 2.88. The summed E-state index contributed by atoms with van der Waals surface area (Å²) in [6.45, 7) is 6.69. The van der Waals surface area contributed by atoms with Gasteiger partial charge in [-0.15, -0.1) is 12.4 Å².